The van der Waals surface area contributed by atoms with Crippen LogP contribution in [0.2, 0.25) is 0 Å². The van der Waals surface area contributed by atoms with Gasteiger partial charge in [0.2, 0.25) is 0 Å². The van der Waals surface area contributed by atoms with Gasteiger partial charge in [-0.15, -0.1) is 0 Å². The van der Waals surface area contributed by atoms with Gasteiger partial charge in [-0.25, -0.2) is 4.79 Å². The van der Waals surface area contributed by atoms with Crippen LogP contribution >= 0.6 is 15.9 Å². The van der Waals surface area contributed by atoms with Crippen molar-refractivity contribution in [1.29, 1.82) is 0 Å². The number of amides is 3. The molecule has 1 saturated heterocycles. The summed E-state index contributed by atoms with van der Waals surface area (Å²) in [6, 6.07) is 3.25. The predicted molar refractivity (Wildman–Crippen MR) is 92.1 cm³/mol. The average Bonchev–Trinajstić information content (AvgIpc) is 2.80. The molecule has 24 heavy (non-hydrogen) atoms. The van der Waals surface area contributed by atoms with E-state index >= 15 is 0 Å². The van der Waals surface area contributed by atoms with E-state index in [-0.39, 0.29) is 18.5 Å². The van der Waals surface area contributed by atoms with E-state index in [2.05, 4.69) is 21.2 Å². The number of imide groups is 1. The smallest absolute Gasteiger partial charge is 0.325 e. The third-order valence-corrected chi connectivity index (χ3v) is 5.57. The van der Waals surface area contributed by atoms with E-state index in [0.29, 0.717) is 11.5 Å². The Morgan fingerprint density at radius 3 is 2.38 bits per heavy atom. The fourth-order valence-corrected chi connectivity index (χ4v) is 3.95. The minimum absolute atomic E-state index is 0.117. The average molecular weight is 397 g/mol. The Morgan fingerprint density at radius 1 is 1.12 bits per heavy atom. The van der Waals surface area contributed by atoms with Crippen LogP contribution in [0.15, 0.2) is 16.6 Å². The molecule has 3 amide bonds. The lowest BCUT2D eigenvalue weighted by Crippen LogP contribution is -2.48. The van der Waals surface area contributed by atoms with Crippen LogP contribution in [0.4, 0.5) is 4.79 Å². The number of carbonyl (C=O) groups is 2. The maximum Gasteiger partial charge on any atom is 0.325 e. The molecule has 7 heteroatoms. The number of hydrogen-bond acceptors (Lipinski definition) is 4. The van der Waals surface area contributed by atoms with Gasteiger partial charge < -0.3 is 14.8 Å². The molecule has 6 nitrogen and oxygen atoms in total. The van der Waals surface area contributed by atoms with Gasteiger partial charge in [0.05, 0.1) is 20.8 Å². The number of urea groups is 1. The third kappa shape index (κ3) is 2.85. The van der Waals surface area contributed by atoms with Crippen LogP contribution in [-0.2, 0) is 11.3 Å². The van der Waals surface area contributed by atoms with E-state index in [9.17, 15) is 9.59 Å². The summed E-state index contributed by atoms with van der Waals surface area (Å²) in [6.07, 6.45) is 4.51. The van der Waals surface area contributed by atoms with Gasteiger partial charge in [-0.05, 0) is 30.5 Å². The van der Waals surface area contributed by atoms with Crippen LogP contribution in [0.25, 0.3) is 0 Å². The Kier molecular flexibility index (Phi) is 4.71. The van der Waals surface area contributed by atoms with Gasteiger partial charge >= 0.3 is 6.03 Å². The standard InChI is InChI=1S/C17H21BrN2O4/c1-23-13-8-11(12(18)9-14(13)24-2)10-20-15(21)17(19-16(20)22)6-4-3-5-7-17/h8-9H,3-7,10H2,1-2H3,(H,19,22). The Labute approximate surface area is 149 Å². The molecule has 2 aliphatic rings. The van der Waals surface area contributed by atoms with Gasteiger partial charge in [-0.1, -0.05) is 35.2 Å². The highest BCUT2D eigenvalue weighted by Gasteiger charge is 2.51. The van der Waals surface area contributed by atoms with E-state index in [1.165, 1.54) is 4.90 Å². The van der Waals surface area contributed by atoms with E-state index in [1.807, 2.05) is 0 Å². The summed E-state index contributed by atoms with van der Waals surface area (Å²) in [5, 5.41) is 2.93. The first-order valence-corrected chi connectivity index (χ1v) is 8.84. The van der Waals surface area contributed by atoms with Crippen molar-refractivity contribution in [1.82, 2.24) is 10.2 Å². The molecule has 0 bridgehead atoms. The number of ether oxygens (including phenoxy) is 2. The second kappa shape index (κ2) is 6.63. The fourth-order valence-electron chi connectivity index (χ4n) is 3.50. The first-order chi connectivity index (χ1) is 11.5. The monoisotopic (exact) mass is 396 g/mol. The van der Waals surface area contributed by atoms with E-state index < -0.39 is 5.54 Å². The normalized spacial score (nSPS) is 19.5. The molecule has 0 aromatic heterocycles. The number of carbonyl (C=O) groups excluding carboxylic acids is 2. The summed E-state index contributed by atoms with van der Waals surface area (Å²) in [5.74, 6) is 1.04. The summed E-state index contributed by atoms with van der Waals surface area (Å²) in [7, 11) is 3.12. The maximum atomic E-state index is 12.9. The molecule has 1 aromatic carbocycles. The molecule has 130 valence electrons. The summed E-state index contributed by atoms with van der Waals surface area (Å²) in [4.78, 5) is 26.5. The molecule has 1 spiro atoms. The minimum atomic E-state index is -0.696. The molecule has 1 aromatic rings. The Morgan fingerprint density at radius 2 is 1.75 bits per heavy atom. The first kappa shape index (κ1) is 17.1. The molecular weight excluding hydrogens is 376 g/mol. The lowest BCUT2D eigenvalue weighted by molar-refractivity contribution is -0.132. The Balaban J connectivity index is 1.86. The molecule has 1 heterocycles. The molecule has 2 fully saturated rings. The topological polar surface area (TPSA) is 67.9 Å². The number of nitrogens with one attached hydrogen (secondary N) is 1. The van der Waals surface area contributed by atoms with E-state index in [0.717, 1.165) is 42.1 Å². The van der Waals surface area contributed by atoms with E-state index in [1.54, 1.807) is 26.4 Å². The summed E-state index contributed by atoms with van der Waals surface area (Å²) < 4.78 is 11.3. The van der Waals surface area contributed by atoms with Crippen LogP contribution in [0.3, 0.4) is 0 Å². The number of rotatable bonds is 4. The highest BCUT2D eigenvalue weighted by atomic mass is 79.9. The molecular formula is C17H21BrN2O4. The van der Waals surface area contributed by atoms with Gasteiger partial charge in [0.25, 0.3) is 5.91 Å². The predicted octanol–water partition coefficient (Wildman–Crippen LogP) is 3.22. The molecule has 0 radical (unpaired) electrons. The second-order valence-corrected chi connectivity index (χ2v) is 7.12. The number of halogens is 1. The molecule has 1 aliphatic heterocycles. The SMILES string of the molecule is COc1cc(Br)c(CN2C(=O)NC3(CCCCC3)C2=O)cc1OC. The zero-order valence-corrected chi connectivity index (χ0v) is 15.4. The summed E-state index contributed by atoms with van der Waals surface area (Å²) in [6.45, 7) is 0.202. The lowest BCUT2D eigenvalue weighted by atomic mass is 9.82. The van der Waals surface area contributed by atoms with Crippen LogP contribution in [-0.4, -0.2) is 36.6 Å². The van der Waals surface area contributed by atoms with Gasteiger partial charge in [0.15, 0.2) is 11.5 Å². The van der Waals surface area contributed by atoms with Gasteiger partial charge in [0.1, 0.15) is 5.54 Å². The number of methoxy groups -OCH3 is 2. The van der Waals surface area contributed by atoms with Crippen molar-refractivity contribution in [2.24, 2.45) is 0 Å². The van der Waals surface area contributed by atoms with Gasteiger partial charge in [-0.2, -0.15) is 0 Å². The highest BCUT2D eigenvalue weighted by molar-refractivity contribution is 9.10. The van der Waals surface area contributed by atoms with Crippen molar-refractivity contribution in [3.8, 4) is 11.5 Å². The van der Waals surface area contributed by atoms with Crippen molar-refractivity contribution in [3.05, 3.63) is 22.2 Å². The number of hydrogen-bond donors (Lipinski definition) is 1. The van der Waals surface area contributed by atoms with Gasteiger partial charge in [0, 0.05) is 4.47 Å². The summed E-state index contributed by atoms with van der Waals surface area (Å²) >= 11 is 3.48. The molecule has 3 rings (SSSR count). The largest absolute Gasteiger partial charge is 0.493 e. The second-order valence-electron chi connectivity index (χ2n) is 6.26. The zero-order valence-electron chi connectivity index (χ0n) is 13.9. The quantitative estimate of drug-likeness (QED) is 0.793. The number of nitrogens with zero attached hydrogens (tertiary/aromatic N) is 1. The van der Waals surface area contributed by atoms with Crippen LogP contribution in [0.5, 0.6) is 11.5 Å². The molecule has 1 N–H and O–H groups in total. The molecule has 0 unspecified atom stereocenters. The molecule has 1 aliphatic carbocycles. The zero-order chi connectivity index (χ0) is 17.3. The molecule has 0 atom stereocenters. The van der Waals surface area contributed by atoms with E-state index in [4.69, 9.17) is 9.47 Å². The lowest BCUT2D eigenvalue weighted by Gasteiger charge is -2.30. The fraction of sp³-hybridized carbons (Fsp3) is 0.529. The summed E-state index contributed by atoms with van der Waals surface area (Å²) in [5.41, 5.74) is 0.0993. The molecule has 1 saturated carbocycles. The third-order valence-electron chi connectivity index (χ3n) is 4.83. The van der Waals surface area contributed by atoms with Crippen molar-refractivity contribution >= 4 is 27.9 Å². The van der Waals surface area contributed by atoms with Crippen molar-refractivity contribution in [3.63, 3.8) is 0 Å². The maximum absolute atomic E-state index is 12.9. The van der Waals surface area contributed by atoms with Crippen LogP contribution in [0.1, 0.15) is 37.7 Å². The van der Waals surface area contributed by atoms with Crippen molar-refractivity contribution in [2.45, 2.75) is 44.2 Å². The van der Waals surface area contributed by atoms with Crippen LogP contribution < -0.4 is 14.8 Å². The Bertz CT molecular complexity index is 671. The highest BCUT2D eigenvalue weighted by Crippen LogP contribution is 2.37. The van der Waals surface area contributed by atoms with Crippen molar-refractivity contribution < 1.29 is 19.1 Å². The Hall–Kier alpha value is -1.76. The van der Waals surface area contributed by atoms with Crippen LogP contribution in [0, 0.1) is 0 Å². The minimum Gasteiger partial charge on any atom is -0.493 e. The van der Waals surface area contributed by atoms with Crippen molar-refractivity contribution in [2.75, 3.05) is 14.2 Å². The first-order valence-electron chi connectivity index (χ1n) is 8.05. The van der Waals surface area contributed by atoms with Gasteiger partial charge in [-0.3, -0.25) is 9.69 Å². The number of benzene rings is 1.